The van der Waals surface area contributed by atoms with E-state index in [-0.39, 0.29) is 22.6 Å². The smallest absolute Gasteiger partial charge is 0.211 e. The van der Waals surface area contributed by atoms with Gasteiger partial charge >= 0.3 is 0 Å². The van der Waals surface area contributed by atoms with Gasteiger partial charge in [-0.15, -0.1) is 4.13 Å². The van der Waals surface area contributed by atoms with Crippen LogP contribution in [0.3, 0.4) is 0 Å². The van der Waals surface area contributed by atoms with Crippen LogP contribution in [0.25, 0.3) is 0 Å². The minimum Gasteiger partial charge on any atom is -0.211 e. The fourth-order valence-electron chi connectivity index (χ4n) is 3.84. The van der Waals surface area contributed by atoms with Gasteiger partial charge in [0.15, 0.2) is 0 Å². The van der Waals surface area contributed by atoms with Crippen molar-refractivity contribution in [1.29, 1.82) is 0 Å². The normalized spacial score (nSPS) is 17.0. The van der Waals surface area contributed by atoms with Crippen molar-refractivity contribution >= 4 is 20.0 Å². The zero-order valence-corrected chi connectivity index (χ0v) is 19.6. The van der Waals surface area contributed by atoms with Crippen molar-refractivity contribution in [3.63, 3.8) is 0 Å². The van der Waals surface area contributed by atoms with Crippen LogP contribution >= 0.6 is 0 Å². The average Bonchev–Trinajstić information content (AvgIpc) is 2.60. The molecular formula is C21H35NO4S2. The number of hydrogen-bond donors (Lipinski definition) is 1. The van der Waals surface area contributed by atoms with E-state index in [1.165, 1.54) is 0 Å². The summed E-state index contributed by atoms with van der Waals surface area (Å²) >= 11 is 0. The highest BCUT2D eigenvalue weighted by Gasteiger charge is 2.35. The number of hydrogen-bond acceptors (Lipinski definition) is 4. The van der Waals surface area contributed by atoms with Gasteiger partial charge in [0, 0.05) is 0 Å². The molecule has 1 aliphatic rings. The zero-order valence-electron chi connectivity index (χ0n) is 17.9. The second-order valence-electron chi connectivity index (χ2n) is 8.88. The van der Waals surface area contributed by atoms with Crippen molar-refractivity contribution in [1.82, 2.24) is 4.13 Å². The maximum atomic E-state index is 13.3. The monoisotopic (exact) mass is 429 g/mol. The zero-order chi connectivity index (χ0) is 21.3. The molecule has 5 nitrogen and oxygen atoms in total. The van der Waals surface area contributed by atoms with E-state index in [0.29, 0.717) is 24.0 Å². The Hall–Kier alpha value is -0.920. The molecule has 1 aliphatic carbocycles. The molecule has 0 aromatic heterocycles. The van der Waals surface area contributed by atoms with Gasteiger partial charge in [-0.05, 0) is 47.3 Å². The Morgan fingerprint density at radius 2 is 1.25 bits per heavy atom. The number of nitrogens with one attached hydrogen (secondary N) is 1. The van der Waals surface area contributed by atoms with Crippen LogP contribution in [0.2, 0.25) is 0 Å². The molecule has 0 atom stereocenters. The molecule has 1 aromatic rings. The highest BCUT2D eigenvalue weighted by atomic mass is 32.3. The fourth-order valence-corrected chi connectivity index (χ4v) is 8.10. The van der Waals surface area contributed by atoms with E-state index >= 15 is 0 Å². The fraction of sp³-hybridized carbons (Fsp3) is 0.714. The third-order valence-corrected chi connectivity index (χ3v) is 9.73. The number of rotatable bonds is 7. The number of benzene rings is 1. The summed E-state index contributed by atoms with van der Waals surface area (Å²) in [5.74, 6) is 0.172. The van der Waals surface area contributed by atoms with Gasteiger partial charge in [-0.2, -0.15) is 0 Å². The summed E-state index contributed by atoms with van der Waals surface area (Å²) in [6.07, 6.45) is 3.69. The lowest BCUT2D eigenvalue weighted by atomic mass is 9.89. The SMILES string of the molecule is CC(C)c1cc(C(C)C)c(S(=O)(=O)NS(=O)(=O)C2CCCCC2)c(C(C)C)c1. The maximum Gasteiger partial charge on any atom is 0.254 e. The van der Waals surface area contributed by atoms with Gasteiger partial charge in [0.05, 0.1) is 10.1 Å². The van der Waals surface area contributed by atoms with Crippen LogP contribution in [-0.4, -0.2) is 22.1 Å². The summed E-state index contributed by atoms with van der Waals surface area (Å²) in [5.41, 5.74) is 2.43. The van der Waals surface area contributed by atoms with Gasteiger partial charge in [-0.25, -0.2) is 16.8 Å². The summed E-state index contributed by atoms with van der Waals surface area (Å²) in [4.78, 5) is 0.140. The minimum atomic E-state index is -4.20. The van der Waals surface area contributed by atoms with E-state index in [2.05, 4.69) is 18.0 Å². The first-order chi connectivity index (χ1) is 12.9. The molecule has 0 unspecified atom stereocenters. The third-order valence-electron chi connectivity index (χ3n) is 5.57. The van der Waals surface area contributed by atoms with Crippen LogP contribution in [0, 0.1) is 0 Å². The van der Waals surface area contributed by atoms with Crippen LogP contribution in [0.1, 0.15) is 108 Å². The van der Waals surface area contributed by atoms with Crippen LogP contribution in [-0.2, 0) is 20.0 Å². The van der Waals surface area contributed by atoms with Crippen molar-refractivity contribution < 1.29 is 16.8 Å². The molecule has 1 fully saturated rings. The average molecular weight is 430 g/mol. The van der Waals surface area contributed by atoms with Crippen molar-refractivity contribution in [2.75, 3.05) is 0 Å². The molecule has 1 saturated carbocycles. The van der Waals surface area contributed by atoms with E-state index < -0.39 is 25.3 Å². The molecule has 0 radical (unpaired) electrons. The molecule has 7 heteroatoms. The Labute approximate surface area is 171 Å². The summed E-state index contributed by atoms with van der Waals surface area (Å²) in [6, 6.07) is 3.84. The summed E-state index contributed by atoms with van der Waals surface area (Å²) in [5, 5.41) is -0.629. The van der Waals surface area contributed by atoms with Crippen LogP contribution in [0.4, 0.5) is 0 Å². The molecule has 2 rings (SSSR count). The van der Waals surface area contributed by atoms with Gasteiger partial charge in [-0.3, -0.25) is 0 Å². The van der Waals surface area contributed by atoms with Gasteiger partial charge < -0.3 is 0 Å². The summed E-state index contributed by atoms with van der Waals surface area (Å²) in [6.45, 7) is 11.9. The van der Waals surface area contributed by atoms with E-state index in [1.807, 2.05) is 39.8 Å². The van der Waals surface area contributed by atoms with Crippen molar-refractivity contribution in [3.05, 3.63) is 28.8 Å². The second-order valence-corrected chi connectivity index (χ2v) is 12.7. The van der Waals surface area contributed by atoms with E-state index in [4.69, 9.17) is 0 Å². The molecule has 28 heavy (non-hydrogen) atoms. The van der Waals surface area contributed by atoms with Gasteiger partial charge in [0.1, 0.15) is 0 Å². The van der Waals surface area contributed by atoms with Gasteiger partial charge in [0.2, 0.25) is 10.0 Å². The Bertz CT molecular complexity index is 865. The topological polar surface area (TPSA) is 80.3 Å². The predicted molar refractivity (Wildman–Crippen MR) is 115 cm³/mol. The van der Waals surface area contributed by atoms with Gasteiger partial charge in [-0.1, -0.05) is 72.9 Å². The first kappa shape index (κ1) is 23.4. The second kappa shape index (κ2) is 8.84. The summed E-state index contributed by atoms with van der Waals surface area (Å²) < 4.78 is 54.4. The Kier molecular flexibility index (Phi) is 7.37. The standard InChI is InChI=1S/C21H35NO4S2/c1-14(2)17-12-19(15(3)4)21(20(13-17)16(5)6)28(25,26)22-27(23,24)18-10-8-7-9-11-18/h12-16,18,22H,7-11H2,1-6H3. The van der Waals surface area contributed by atoms with Crippen molar-refractivity contribution in [2.45, 2.75) is 102 Å². The Morgan fingerprint density at radius 1 is 0.786 bits per heavy atom. The van der Waals surface area contributed by atoms with E-state index in [9.17, 15) is 16.8 Å². The molecule has 0 saturated heterocycles. The Balaban J connectivity index is 2.60. The predicted octanol–water partition coefficient (Wildman–Crippen LogP) is 5.00. The lowest BCUT2D eigenvalue weighted by Gasteiger charge is -2.25. The highest BCUT2D eigenvalue weighted by molar-refractivity contribution is 8.05. The molecular weight excluding hydrogens is 394 g/mol. The van der Waals surface area contributed by atoms with Gasteiger partial charge in [0.25, 0.3) is 10.0 Å². The molecule has 0 aliphatic heterocycles. The summed E-state index contributed by atoms with van der Waals surface area (Å²) in [7, 11) is -8.14. The first-order valence-electron chi connectivity index (χ1n) is 10.3. The van der Waals surface area contributed by atoms with Crippen molar-refractivity contribution in [2.24, 2.45) is 0 Å². The van der Waals surface area contributed by atoms with E-state index in [1.54, 1.807) is 0 Å². The van der Waals surface area contributed by atoms with Crippen LogP contribution < -0.4 is 4.13 Å². The number of sulfonamides is 2. The van der Waals surface area contributed by atoms with Crippen LogP contribution in [0.15, 0.2) is 17.0 Å². The molecule has 0 spiro atoms. The molecule has 0 heterocycles. The lowest BCUT2D eigenvalue weighted by molar-refractivity contribution is 0.481. The van der Waals surface area contributed by atoms with Crippen LogP contribution in [0.5, 0.6) is 0 Å². The molecule has 1 aromatic carbocycles. The Morgan fingerprint density at radius 3 is 1.64 bits per heavy atom. The van der Waals surface area contributed by atoms with Crippen molar-refractivity contribution in [3.8, 4) is 0 Å². The molecule has 1 N–H and O–H groups in total. The lowest BCUT2D eigenvalue weighted by Crippen LogP contribution is -2.40. The molecule has 0 amide bonds. The minimum absolute atomic E-state index is 0.0415. The largest absolute Gasteiger partial charge is 0.254 e. The van der Waals surface area contributed by atoms with E-state index in [0.717, 1.165) is 24.8 Å². The quantitative estimate of drug-likeness (QED) is 0.661. The molecule has 160 valence electrons. The first-order valence-corrected chi connectivity index (χ1v) is 13.3. The highest BCUT2D eigenvalue weighted by Crippen LogP contribution is 2.35. The third kappa shape index (κ3) is 5.16. The maximum absolute atomic E-state index is 13.3. The molecule has 0 bridgehead atoms.